The molecule has 1 rings (SSSR count). The molecule has 0 bridgehead atoms. The van der Waals surface area contributed by atoms with E-state index in [1.807, 2.05) is 11.9 Å². The van der Waals surface area contributed by atoms with E-state index in [-0.39, 0.29) is 24.7 Å². The summed E-state index contributed by atoms with van der Waals surface area (Å²) in [5.41, 5.74) is 2.51. The molecule has 0 radical (unpaired) electrons. The number of hydrogen-bond donors (Lipinski definition) is 2. The number of aliphatic hydroxyl groups is 2. The van der Waals surface area contributed by atoms with E-state index in [9.17, 15) is 5.11 Å². The van der Waals surface area contributed by atoms with Crippen molar-refractivity contribution in [3.63, 3.8) is 0 Å². The quantitative estimate of drug-likeness (QED) is 0.843. The smallest absolute Gasteiger partial charge is 0.0635 e. The summed E-state index contributed by atoms with van der Waals surface area (Å²) in [5.74, 6) is 0. The highest BCUT2D eigenvalue weighted by atomic mass is 16.3. The summed E-state index contributed by atoms with van der Waals surface area (Å²) in [6, 6.07) is 8.36. The second kappa shape index (κ2) is 6.21. The molecule has 0 aliphatic carbocycles. The Kier molecular flexibility index (Phi) is 5.17. The molecule has 0 fully saturated rings. The van der Waals surface area contributed by atoms with Crippen LogP contribution in [0.2, 0.25) is 0 Å². The van der Waals surface area contributed by atoms with E-state index in [0.29, 0.717) is 6.42 Å². The van der Waals surface area contributed by atoms with Gasteiger partial charge in [-0.3, -0.25) is 0 Å². The summed E-state index contributed by atoms with van der Waals surface area (Å²) >= 11 is 0. The number of hydrogen-bond acceptors (Lipinski definition) is 3. The van der Waals surface area contributed by atoms with Gasteiger partial charge in [0.25, 0.3) is 0 Å². The van der Waals surface area contributed by atoms with Gasteiger partial charge in [-0.1, -0.05) is 32.9 Å². The molecule has 1 unspecified atom stereocenters. The summed E-state index contributed by atoms with van der Waals surface area (Å²) in [7, 11) is 1.95. The third-order valence-electron chi connectivity index (χ3n) is 3.36. The van der Waals surface area contributed by atoms with Crippen LogP contribution in [0.3, 0.4) is 0 Å². The number of rotatable bonds is 5. The van der Waals surface area contributed by atoms with Crippen LogP contribution in [0.15, 0.2) is 24.3 Å². The van der Waals surface area contributed by atoms with E-state index in [2.05, 4.69) is 45.0 Å². The van der Waals surface area contributed by atoms with Crippen LogP contribution in [0.5, 0.6) is 0 Å². The molecule has 102 valence electrons. The van der Waals surface area contributed by atoms with Gasteiger partial charge < -0.3 is 15.1 Å². The molecular formula is C15H25NO2. The molecule has 0 aromatic heterocycles. The number of benzene rings is 1. The zero-order chi connectivity index (χ0) is 13.8. The normalized spacial score (nSPS) is 13.4. The molecule has 1 aromatic carbocycles. The SMILES string of the molecule is CN(c1ccc(C(C)(C)C)cc1)C(CO)CCO. The van der Waals surface area contributed by atoms with E-state index >= 15 is 0 Å². The van der Waals surface area contributed by atoms with Crippen molar-refractivity contribution in [2.75, 3.05) is 25.2 Å². The topological polar surface area (TPSA) is 43.7 Å². The van der Waals surface area contributed by atoms with Crippen molar-refractivity contribution in [3.05, 3.63) is 29.8 Å². The Hall–Kier alpha value is -1.06. The standard InChI is InChI=1S/C15H25NO2/c1-15(2,3)12-5-7-13(8-6-12)16(4)14(11-18)9-10-17/h5-8,14,17-18H,9-11H2,1-4H3. The van der Waals surface area contributed by atoms with Crippen LogP contribution in [-0.2, 0) is 5.41 Å². The van der Waals surface area contributed by atoms with Gasteiger partial charge in [0.05, 0.1) is 12.6 Å². The molecular weight excluding hydrogens is 226 g/mol. The maximum atomic E-state index is 9.32. The number of nitrogens with zero attached hydrogens (tertiary/aromatic N) is 1. The Bertz CT molecular complexity index is 354. The van der Waals surface area contributed by atoms with Gasteiger partial charge in [-0.2, -0.15) is 0 Å². The first kappa shape index (κ1) is 15.0. The van der Waals surface area contributed by atoms with Crippen molar-refractivity contribution in [2.45, 2.75) is 38.6 Å². The first-order valence-electron chi connectivity index (χ1n) is 6.45. The van der Waals surface area contributed by atoms with Crippen molar-refractivity contribution < 1.29 is 10.2 Å². The van der Waals surface area contributed by atoms with E-state index in [1.165, 1.54) is 5.56 Å². The monoisotopic (exact) mass is 251 g/mol. The molecule has 0 aliphatic heterocycles. The molecule has 0 amide bonds. The minimum atomic E-state index is -0.0320. The lowest BCUT2D eigenvalue weighted by molar-refractivity contribution is 0.218. The van der Waals surface area contributed by atoms with Crippen molar-refractivity contribution in [2.24, 2.45) is 0 Å². The lowest BCUT2D eigenvalue weighted by Crippen LogP contribution is -2.35. The number of anilines is 1. The van der Waals surface area contributed by atoms with Gasteiger partial charge in [-0.05, 0) is 29.5 Å². The lowest BCUT2D eigenvalue weighted by Gasteiger charge is -2.29. The first-order chi connectivity index (χ1) is 8.40. The van der Waals surface area contributed by atoms with Crippen LogP contribution < -0.4 is 4.90 Å². The largest absolute Gasteiger partial charge is 0.396 e. The zero-order valence-corrected chi connectivity index (χ0v) is 11.8. The van der Waals surface area contributed by atoms with Gasteiger partial charge in [0.15, 0.2) is 0 Å². The summed E-state index contributed by atoms with van der Waals surface area (Å²) in [6.07, 6.45) is 0.577. The van der Waals surface area contributed by atoms with Gasteiger partial charge in [-0.15, -0.1) is 0 Å². The molecule has 1 atom stereocenters. The fraction of sp³-hybridized carbons (Fsp3) is 0.600. The minimum absolute atomic E-state index is 0.0320. The highest BCUT2D eigenvalue weighted by Gasteiger charge is 2.16. The predicted octanol–water partition coefficient (Wildman–Crippen LogP) is 2.16. The molecule has 18 heavy (non-hydrogen) atoms. The first-order valence-corrected chi connectivity index (χ1v) is 6.45. The summed E-state index contributed by atoms with van der Waals surface area (Å²) < 4.78 is 0. The van der Waals surface area contributed by atoms with Crippen LogP contribution in [0.25, 0.3) is 0 Å². The van der Waals surface area contributed by atoms with Crippen LogP contribution in [0.4, 0.5) is 5.69 Å². The Morgan fingerprint density at radius 3 is 2.06 bits per heavy atom. The highest BCUT2D eigenvalue weighted by Crippen LogP contribution is 2.25. The minimum Gasteiger partial charge on any atom is -0.396 e. The molecule has 2 N–H and O–H groups in total. The number of likely N-dealkylation sites (N-methyl/N-ethyl adjacent to an activating group) is 1. The molecule has 0 saturated carbocycles. The highest BCUT2D eigenvalue weighted by molar-refractivity contribution is 5.48. The maximum absolute atomic E-state index is 9.32. The predicted molar refractivity (Wildman–Crippen MR) is 76.1 cm³/mol. The second-order valence-corrected chi connectivity index (χ2v) is 5.76. The van der Waals surface area contributed by atoms with Crippen LogP contribution in [0, 0.1) is 0 Å². The summed E-state index contributed by atoms with van der Waals surface area (Å²) in [5, 5.41) is 18.3. The van der Waals surface area contributed by atoms with Crippen molar-refractivity contribution in [1.82, 2.24) is 0 Å². The average molecular weight is 251 g/mol. The van der Waals surface area contributed by atoms with E-state index < -0.39 is 0 Å². The summed E-state index contributed by atoms with van der Waals surface area (Å²) in [6.45, 7) is 6.71. The van der Waals surface area contributed by atoms with Gasteiger partial charge in [0, 0.05) is 19.3 Å². The van der Waals surface area contributed by atoms with E-state index in [0.717, 1.165) is 5.69 Å². The Balaban J connectivity index is 2.84. The molecule has 0 heterocycles. The van der Waals surface area contributed by atoms with Crippen molar-refractivity contribution in [3.8, 4) is 0 Å². The number of aliphatic hydroxyl groups excluding tert-OH is 2. The van der Waals surface area contributed by atoms with Crippen LogP contribution in [-0.4, -0.2) is 36.5 Å². The second-order valence-electron chi connectivity index (χ2n) is 5.76. The van der Waals surface area contributed by atoms with Crippen LogP contribution in [0.1, 0.15) is 32.8 Å². The van der Waals surface area contributed by atoms with E-state index in [1.54, 1.807) is 0 Å². The fourth-order valence-electron chi connectivity index (χ4n) is 1.96. The Morgan fingerprint density at radius 2 is 1.67 bits per heavy atom. The molecule has 3 heteroatoms. The van der Waals surface area contributed by atoms with Crippen LogP contribution >= 0.6 is 0 Å². The van der Waals surface area contributed by atoms with Gasteiger partial charge >= 0.3 is 0 Å². The Morgan fingerprint density at radius 1 is 1.11 bits per heavy atom. The van der Waals surface area contributed by atoms with Crippen molar-refractivity contribution >= 4 is 5.69 Å². The summed E-state index contributed by atoms with van der Waals surface area (Å²) in [4.78, 5) is 2.02. The maximum Gasteiger partial charge on any atom is 0.0635 e. The molecule has 0 saturated heterocycles. The van der Waals surface area contributed by atoms with Gasteiger partial charge in [0.1, 0.15) is 0 Å². The molecule has 1 aromatic rings. The van der Waals surface area contributed by atoms with Gasteiger partial charge in [-0.25, -0.2) is 0 Å². The van der Waals surface area contributed by atoms with Crippen molar-refractivity contribution in [1.29, 1.82) is 0 Å². The molecule has 3 nitrogen and oxygen atoms in total. The van der Waals surface area contributed by atoms with Gasteiger partial charge in [0.2, 0.25) is 0 Å². The third kappa shape index (κ3) is 3.72. The molecule has 0 spiro atoms. The fourth-order valence-corrected chi connectivity index (χ4v) is 1.96. The third-order valence-corrected chi connectivity index (χ3v) is 3.36. The molecule has 0 aliphatic rings. The average Bonchev–Trinajstić information content (AvgIpc) is 2.34. The van der Waals surface area contributed by atoms with E-state index in [4.69, 9.17) is 5.11 Å². The lowest BCUT2D eigenvalue weighted by atomic mass is 9.87. The zero-order valence-electron chi connectivity index (χ0n) is 11.8. The Labute approximate surface area is 110 Å².